The average Bonchev–Trinajstić information content (AvgIpc) is 2.51. The molecule has 0 fully saturated rings. The third-order valence-corrected chi connectivity index (χ3v) is 3.03. The molecule has 0 radical (unpaired) electrons. The van der Waals surface area contributed by atoms with Crippen molar-refractivity contribution in [2.45, 2.75) is 98.1 Å². The fraction of sp³-hybridized carbons (Fsp3) is 0.889. The van der Waals surface area contributed by atoms with Gasteiger partial charge in [0.1, 0.15) is 11.6 Å². The number of unbranched alkanes of at least 4 members (excludes halogenated alkanes) is 1. The topological polar surface area (TPSA) is 64.6 Å². The van der Waals surface area contributed by atoms with E-state index in [2.05, 4.69) is 5.32 Å². The number of nitrogens with one attached hydrogen (secondary N) is 1. The lowest BCUT2D eigenvalue weighted by Gasteiger charge is -2.24. The van der Waals surface area contributed by atoms with Crippen molar-refractivity contribution < 1.29 is 27.8 Å². The highest BCUT2D eigenvalue weighted by molar-refractivity contribution is 5.81. The van der Waals surface area contributed by atoms with E-state index in [4.69, 9.17) is 9.47 Å². The van der Waals surface area contributed by atoms with E-state index >= 15 is 0 Å². The summed E-state index contributed by atoms with van der Waals surface area (Å²) in [7, 11) is 0. The Morgan fingerprint density at radius 2 is 1.68 bits per heavy atom. The smallest absolute Gasteiger partial charge is 0.408 e. The van der Waals surface area contributed by atoms with E-state index in [1.165, 1.54) is 6.92 Å². The van der Waals surface area contributed by atoms with Crippen molar-refractivity contribution in [2.24, 2.45) is 0 Å². The van der Waals surface area contributed by atoms with Crippen LogP contribution in [0.1, 0.15) is 80.6 Å². The maximum absolute atomic E-state index is 13.4. The van der Waals surface area contributed by atoms with Crippen molar-refractivity contribution in [3.8, 4) is 0 Å². The highest BCUT2D eigenvalue weighted by Crippen LogP contribution is 2.25. The van der Waals surface area contributed by atoms with E-state index in [-0.39, 0.29) is 19.4 Å². The molecule has 0 aromatic heterocycles. The predicted molar refractivity (Wildman–Crippen MR) is 94.8 cm³/mol. The van der Waals surface area contributed by atoms with Gasteiger partial charge in [0.15, 0.2) is 0 Å². The number of carbonyl (C=O) groups excluding carboxylic acids is 2. The number of alkyl halides is 2. The number of hydrogen-bond donors (Lipinski definition) is 1. The second-order valence-electron chi connectivity index (χ2n) is 6.47. The molecule has 0 heterocycles. The predicted octanol–water partition coefficient (Wildman–Crippen LogP) is 5.07. The molecular weight excluding hydrogens is 332 g/mol. The van der Waals surface area contributed by atoms with Crippen LogP contribution in [0.4, 0.5) is 13.6 Å². The first-order valence-corrected chi connectivity index (χ1v) is 9.04. The van der Waals surface area contributed by atoms with Gasteiger partial charge in [0.2, 0.25) is 5.92 Å². The molecule has 0 saturated carbocycles. The molecule has 1 unspecified atom stereocenters. The third-order valence-electron chi connectivity index (χ3n) is 3.03. The second kappa shape index (κ2) is 12.9. The van der Waals surface area contributed by atoms with Crippen LogP contribution in [0.3, 0.4) is 0 Å². The van der Waals surface area contributed by atoms with E-state index < -0.39 is 36.0 Å². The van der Waals surface area contributed by atoms with Gasteiger partial charge in [-0.15, -0.1) is 0 Å². The first-order chi connectivity index (χ1) is 11.5. The van der Waals surface area contributed by atoms with Crippen LogP contribution in [-0.2, 0) is 14.3 Å². The highest BCUT2D eigenvalue weighted by Gasteiger charge is 2.31. The summed E-state index contributed by atoms with van der Waals surface area (Å²) in [4.78, 5) is 23.8. The molecule has 0 spiro atoms. The number of esters is 1. The van der Waals surface area contributed by atoms with Gasteiger partial charge in [-0.3, -0.25) is 0 Å². The zero-order chi connectivity index (χ0) is 20.1. The summed E-state index contributed by atoms with van der Waals surface area (Å²) in [5.74, 6) is -3.59. The van der Waals surface area contributed by atoms with E-state index in [0.29, 0.717) is 6.42 Å². The number of rotatable bonds is 9. The van der Waals surface area contributed by atoms with E-state index in [1.54, 1.807) is 20.8 Å². The molecule has 1 N–H and O–H groups in total. The SMILES string of the molecule is CC.CCCCOC(=O)C(CCC(F)(F)CC)NC(=O)OC(C)(C)C. The number of halogens is 2. The fourth-order valence-electron chi connectivity index (χ4n) is 1.65. The standard InChI is InChI=1S/C16H29F2NO4.C2H6/c1-6-8-11-22-13(20)12(9-10-16(17,18)7-2)19-14(21)23-15(3,4)5;1-2/h12H,6-11H2,1-5H3,(H,19,21);1-2H3. The summed E-state index contributed by atoms with van der Waals surface area (Å²) >= 11 is 0. The third kappa shape index (κ3) is 14.6. The largest absolute Gasteiger partial charge is 0.464 e. The Kier molecular flexibility index (Phi) is 13.3. The van der Waals surface area contributed by atoms with E-state index in [1.807, 2.05) is 20.8 Å². The molecule has 0 aliphatic rings. The molecule has 0 saturated heterocycles. The van der Waals surface area contributed by atoms with Gasteiger partial charge in [-0.05, 0) is 33.6 Å². The molecule has 0 aromatic carbocycles. The van der Waals surface area contributed by atoms with Gasteiger partial charge in [0.25, 0.3) is 0 Å². The van der Waals surface area contributed by atoms with Gasteiger partial charge in [-0.1, -0.05) is 34.1 Å². The Bertz CT molecular complexity index is 382. The lowest BCUT2D eigenvalue weighted by molar-refractivity contribution is -0.147. The molecule has 0 rings (SSSR count). The summed E-state index contributed by atoms with van der Waals surface area (Å²) in [5.41, 5.74) is -0.742. The summed E-state index contributed by atoms with van der Waals surface area (Å²) in [6.07, 6.45) is -0.342. The number of hydrogen-bond acceptors (Lipinski definition) is 4. The van der Waals surface area contributed by atoms with Crippen LogP contribution >= 0.6 is 0 Å². The molecule has 7 heteroatoms. The Balaban J connectivity index is 0. The van der Waals surface area contributed by atoms with E-state index in [9.17, 15) is 18.4 Å². The lowest BCUT2D eigenvalue weighted by Crippen LogP contribution is -2.45. The van der Waals surface area contributed by atoms with E-state index in [0.717, 1.165) is 6.42 Å². The summed E-state index contributed by atoms with van der Waals surface area (Å²) in [6.45, 7) is 12.5. The van der Waals surface area contributed by atoms with Gasteiger partial charge in [0.05, 0.1) is 6.61 Å². The Morgan fingerprint density at radius 1 is 1.12 bits per heavy atom. The molecule has 1 atom stereocenters. The van der Waals surface area contributed by atoms with Crippen LogP contribution in [0.2, 0.25) is 0 Å². The number of ether oxygens (including phenoxy) is 2. The van der Waals surface area contributed by atoms with Crippen LogP contribution in [0, 0.1) is 0 Å². The first-order valence-electron chi connectivity index (χ1n) is 9.04. The minimum Gasteiger partial charge on any atom is -0.464 e. The van der Waals surface area contributed by atoms with Crippen LogP contribution < -0.4 is 5.32 Å². The molecule has 0 bridgehead atoms. The van der Waals surface area contributed by atoms with Crippen molar-refractivity contribution >= 4 is 12.1 Å². The van der Waals surface area contributed by atoms with Crippen molar-refractivity contribution in [3.05, 3.63) is 0 Å². The molecule has 25 heavy (non-hydrogen) atoms. The molecule has 0 aromatic rings. The normalized spacial score (nSPS) is 12.5. The quantitative estimate of drug-likeness (QED) is 0.456. The van der Waals surface area contributed by atoms with Crippen LogP contribution in [0.5, 0.6) is 0 Å². The number of alkyl carbamates (subject to hydrolysis) is 1. The number of amides is 1. The Morgan fingerprint density at radius 3 is 2.12 bits per heavy atom. The van der Waals surface area contributed by atoms with Crippen LogP contribution in [-0.4, -0.2) is 36.2 Å². The Hall–Kier alpha value is -1.40. The van der Waals surface area contributed by atoms with Crippen molar-refractivity contribution in [3.63, 3.8) is 0 Å². The minimum atomic E-state index is -2.88. The van der Waals surface area contributed by atoms with Gasteiger partial charge in [0, 0.05) is 12.8 Å². The van der Waals surface area contributed by atoms with Gasteiger partial charge >= 0.3 is 12.1 Å². The Labute approximate surface area is 150 Å². The monoisotopic (exact) mass is 367 g/mol. The highest BCUT2D eigenvalue weighted by atomic mass is 19.3. The molecule has 1 amide bonds. The van der Waals surface area contributed by atoms with Crippen LogP contribution in [0.15, 0.2) is 0 Å². The minimum absolute atomic E-state index is 0.200. The zero-order valence-electron chi connectivity index (χ0n) is 16.7. The summed E-state index contributed by atoms with van der Waals surface area (Å²) < 4.78 is 36.9. The number of carbonyl (C=O) groups is 2. The van der Waals surface area contributed by atoms with Crippen LogP contribution in [0.25, 0.3) is 0 Å². The molecule has 0 aliphatic carbocycles. The molecule has 150 valence electrons. The first kappa shape index (κ1) is 25.8. The molecule has 0 aliphatic heterocycles. The fourth-order valence-corrected chi connectivity index (χ4v) is 1.65. The van der Waals surface area contributed by atoms with Gasteiger partial charge in [-0.25, -0.2) is 18.4 Å². The second-order valence-corrected chi connectivity index (χ2v) is 6.47. The summed E-state index contributed by atoms with van der Waals surface area (Å²) in [6, 6.07) is -1.14. The zero-order valence-corrected chi connectivity index (χ0v) is 16.7. The maximum atomic E-state index is 13.4. The summed E-state index contributed by atoms with van der Waals surface area (Å²) in [5, 5.41) is 2.33. The molecular formula is C18H35F2NO4. The average molecular weight is 367 g/mol. The van der Waals surface area contributed by atoms with Crippen molar-refractivity contribution in [2.75, 3.05) is 6.61 Å². The maximum Gasteiger partial charge on any atom is 0.408 e. The van der Waals surface area contributed by atoms with Crippen molar-refractivity contribution in [1.29, 1.82) is 0 Å². The molecule has 5 nitrogen and oxygen atoms in total. The lowest BCUT2D eigenvalue weighted by atomic mass is 10.1. The van der Waals surface area contributed by atoms with Crippen molar-refractivity contribution in [1.82, 2.24) is 5.32 Å². The van der Waals surface area contributed by atoms with Gasteiger partial charge < -0.3 is 14.8 Å². The van der Waals surface area contributed by atoms with Gasteiger partial charge in [-0.2, -0.15) is 0 Å².